The van der Waals surface area contributed by atoms with E-state index in [1.807, 2.05) is 6.92 Å². The fraction of sp³-hybridized carbons (Fsp3) is 0.421. The van der Waals surface area contributed by atoms with Gasteiger partial charge in [-0.3, -0.25) is 4.79 Å². The Hall–Kier alpha value is -3.03. The summed E-state index contributed by atoms with van der Waals surface area (Å²) in [5.74, 6) is -0.325. The van der Waals surface area contributed by atoms with Crippen molar-refractivity contribution in [1.82, 2.24) is 10.6 Å². The number of methoxy groups -OCH3 is 1. The number of carbonyl (C=O) groups is 3. The Labute approximate surface area is 157 Å². The zero-order chi connectivity index (χ0) is 19.8. The summed E-state index contributed by atoms with van der Waals surface area (Å²) in [4.78, 5) is 36.2. The number of esters is 2. The van der Waals surface area contributed by atoms with E-state index in [1.54, 1.807) is 38.3 Å². The van der Waals surface area contributed by atoms with Crippen molar-refractivity contribution in [3.05, 3.63) is 41.1 Å². The van der Waals surface area contributed by atoms with Gasteiger partial charge >= 0.3 is 18.0 Å². The summed E-state index contributed by atoms with van der Waals surface area (Å²) in [5.41, 5.74) is 1.28. The molecule has 1 aromatic carbocycles. The minimum absolute atomic E-state index is 0.0649. The third-order valence-corrected chi connectivity index (χ3v) is 4.03. The number of hydrogen-bond donors (Lipinski definition) is 2. The van der Waals surface area contributed by atoms with Crippen molar-refractivity contribution in [1.29, 1.82) is 0 Å². The van der Waals surface area contributed by atoms with E-state index in [-0.39, 0.29) is 30.9 Å². The second-order valence-electron chi connectivity index (χ2n) is 5.86. The predicted octanol–water partition coefficient (Wildman–Crippen LogP) is 1.69. The molecule has 0 saturated heterocycles. The van der Waals surface area contributed by atoms with Crippen molar-refractivity contribution in [3.63, 3.8) is 0 Å². The van der Waals surface area contributed by atoms with E-state index in [0.717, 1.165) is 5.56 Å². The topological polar surface area (TPSA) is 103 Å². The van der Waals surface area contributed by atoms with Crippen LogP contribution in [0.4, 0.5) is 4.79 Å². The summed E-state index contributed by atoms with van der Waals surface area (Å²) in [6.07, 6.45) is 0.570. The van der Waals surface area contributed by atoms with Crippen LogP contribution in [-0.2, 0) is 25.5 Å². The smallest absolute Gasteiger partial charge is 0.338 e. The second kappa shape index (κ2) is 9.61. The quantitative estimate of drug-likeness (QED) is 0.670. The van der Waals surface area contributed by atoms with Crippen molar-refractivity contribution in [2.75, 3.05) is 20.3 Å². The normalized spacial score (nSPS) is 16.3. The molecule has 0 saturated carbocycles. The Morgan fingerprint density at radius 2 is 1.81 bits per heavy atom. The molecule has 1 aliphatic rings. The molecule has 27 heavy (non-hydrogen) atoms. The number of hydrogen-bond acceptors (Lipinski definition) is 6. The predicted molar refractivity (Wildman–Crippen MR) is 97.1 cm³/mol. The molecule has 1 aliphatic heterocycles. The number of benzene rings is 1. The Morgan fingerprint density at radius 3 is 2.41 bits per heavy atom. The van der Waals surface area contributed by atoms with Gasteiger partial charge in [0.05, 0.1) is 37.4 Å². The first kappa shape index (κ1) is 20.3. The van der Waals surface area contributed by atoms with E-state index in [4.69, 9.17) is 14.2 Å². The average molecular weight is 376 g/mol. The van der Waals surface area contributed by atoms with Crippen LogP contribution in [0.1, 0.15) is 25.8 Å². The van der Waals surface area contributed by atoms with Crippen LogP contribution in [0.25, 0.3) is 0 Å². The van der Waals surface area contributed by atoms with E-state index in [9.17, 15) is 14.4 Å². The molecule has 2 rings (SSSR count). The highest BCUT2D eigenvalue weighted by Gasteiger charge is 2.31. The second-order valence-corrected chi connectivity index (χ2v) is 5.86. The lowest BCUT2D eigenvalue weighted by Crippen LogP contribution is -2.51. The van der Waals surface area contributed by atoms with Crippen LogP contribution in [0.15, 0.2) is 35.5 Å². The maximum absolute atomic E-state index is 12.3. The molecule has 8 nitrogen and oxygen atoms in total. The summed E-state index contributed by atoms with van der Waals surface area (Å²) in [5, 5.41) is 5.20. The third-order valence-electron chi connectivity index (χ3n) is 4.03. The van der Waals surface area contributed by atoms with Crippen molar-refractivity contribution in [3.8, 4) is 5.75 Å². The highest BCUT2D eigenvalue weighted by Crippen LogP contribution is 2.18. The summed E-state index contributed by atoms with van der Waals surface area (Å²) in [6, 6.07) is 6.10. The van der Waals surface area contributed by atoms with Gasteiger partial charge in [-0.2, -0.15) is 0 Å². The highest BCUT2D eigenvalue weighted by atomic mass is 16.5. The zero-order valence-electron chi connectivity index (χ0n) is 15.7. The van der Waals surface area contributed by atoms with Crippen LogP contribution >= 0.6 is 0 Å². The third kappa shape index (κ3) is 5.47. The van der Waals surface area contributed by atoms with E-state index in [1.165, 1.54) is 0 Å². The van der Waals surface area contributed by atoms with Gasteiger partial charge in [0.1, 0.15) is 12.4 Å². The molecule has 0 unspecified atom stereocenters. The maximum Gasteiger partial charge on any atom is 0.338 e. The molecule has 1 aromatic rings. The van der Waals surface area contributed by atoms with Gasteiger partial charge in [0.25, 0.3) is 0 Å². The van der Waals surface area contributed by atoms with Gasteiger partial charge in [0, 0.05) is 0 Å². The van der Waals surface area contributed by atoms with Gasteiger partial charge in [-0.05, 0) is 31.0 Å². The van der Waals surface area contributed by atoms with Gasteiger partial charge in [-0.15, -0.1) is 0 Å². The fourth-order valence-electron chi connectivity index (χ4n) is 2.69. The Kier molecular flexibility index (Phi) is 7.22. The van der Waals surface area contributed by atoms with Crippen LogP contribution in [0, 0.1) is 0 Å². The first-order valence-corrected chi connectivity index (χ1v) is 8.74. The number of carbonyl (C=O) groups excluding carboxylic acids is 3. The fourth-order valence-corrected chi connectivity index (χ4v) is 2.69. The summed E-state index contributed by atoms with van der Waals surface area (Å²) in [6.45, 7) is 3.52. The minimum atomic E-state index is -0.543. The standard InChI is InChI=1S/C19H24N2O6/c1-4-14-17(18(23)26-5-2)15(21-19(24)20-14)11-27-16(22)10-12-6-8-13(25-3)9-7-12/h6-9,14H,4-5,10-11H2,1-3H3,(H2,20,21,24)/t14-/m0/s1. The van der Waals surface area contributed by atoms with Gasteiger partial charge in [0.2, 0.25) is 0 Å². The average Bonchev–Trinajstić information content (AvgIpc) is 2.66. The van der Waals surface area contributed by atoms with Gasteiger partial charge in [-0.25, -0.2) is 9.59 Å². The highest BCUT2D eigenvalue weighted by molar-refractivity contribution is 5.94. The van der Waals surface area contributed by atoms with E-state index in [2.05, 4.69) is 10.6 Å². The Morgan fingerprint density at radius 1 is 1.11 bits per heavy atom. The van der Waals surface area contributed by atoms with Crippen LogP contribution < -0.4 is 15.4 Å². The molecule has 1 atom stereocenters. The van der Waals surface area contributed by atoms with Crippen LogP contribution in [0.2, 0.25) is 0 Å². The molecular weight excluding hydrogens is 352 g/mol. The van der Waals surface area contributed by atoms with Crippen LogP contribution in [-0.4, -0.2) is 44.3 Å². The molecule has 0 aromatic heterocycles. The Balaban J connectivity index is 2.07. The van der Waals surface area contributed by atoms with Crippen molar-refractivity contribution >= 4 is 18.0 Å². The molecule has 146 valence electrons. The number of ether oxygens (including phenoxy) is 3. The first-order chi connectivity index (χ1) is 13.0. The number of nitrogens with one attached hydrogen (secondary N) is 2. The molecule has 0 radical (unpaired) electrons. The van der Waals surface area contributed by atoms with E-state index in [0.29, 0.717) is 12.2 Å². The lowest BCUT2D eigenvalue weighted by atomic mass is 10.0. The minimum Gasteiger partial charge on any atom is -0.497 e. The lowest BCUT2D eigenvalue weighted by Gasteiger charge is -2.28. The molecule has 0 bridgehead atoms. The number of amides is 2. The largest absolute Gasteiger partial charge is 0.497 e. The molecule has 0 fully saturated rings. The molecule has 8 heteroatoms. The first-order valence-electron chi connectivity index (χ1n) is 8.74. The number of urea groups is 1. The van der Waals surface area contributed by atoms with Crippen LogP contribution in [0.3, 0.4) is 0 Å². The SMILES string of the molecule is CCOC(=O)C1=C(COC(=O)Cc2ccc(OC)cc2)NC(=O)N[C@H]1CC. The van der Waals surface area contributed by atoms with Gasteiger partial charge in [-0.1, -0.05) is 19.1 Å². The molecule has 1 heterocycles. The molecule has 2 amide bonds. The molecule has 2 N–H and O–H groups in total. The van der Waals surface area contributed by atoms with Gasteiger partial charge in [0.15, 0.2) is 0 Å². The lowest BCUT2D eigenvalue weighted by molar-refractivity contribution is -0.143. The van der Waals surface area contributed by atoms with E-state index >= 15 is 0 Å². The summed E-state index contributed by atoms with van der Waals surface area (Å²) >= 11 is 0. The molecular formula is C19H24N2O6. The maximum atomic E-state index is 12.3. The van der Waals surface area contributed by atoms with Gasteiger partial charge < -0.3 is 24.8 Å². The van der Waals surface area contributed by atoms with Crippen LogP contribution in [0.5, 0.6) is 5.75 Å². The van der Waals surface area contributed by atoms with Crippen molar-refractivity contribution in [2.24, 2.45) is 0 Å². The zero-order valence-corrected chi connectivity index (χ0v) is 15.7. The monoisotopic (exact) mass is 376 g/mol. The van der Waals surface area contributed by atoms with Crippen molar-refractivity contribution in [2.45, 2.75) is 32.7 Å². The Bertz CT molecular complexity index is 726. The summed E-state index contributed by atoms with van der Waals surface area (Å²) < 4.78 is 15.4. The van der Waals surface area contributed by atoms with Crippen molar-refractivity contribution < 1.29 is 28.6 Å². The molecule has 0 aliphatic carbocycles. The molecule has 0 spiro atoms. The number of rotatable bonds is 8. The summed E-state index contributed by atoms with van der Waals surface area (Å²) in [7, 11) is 1.56. The van der Waals surface area contributed by atoms with E-state index < -0.39 is 24.0 Å².